The summed E-state index contributed by atoms with van der Waals surface area (Å²) in [5.74, 6) is -0.265. The number of amides is 1. The molecule has 1 saturated heterocycles. The maximum absolute atomic E-state index is 12.3. The van der Waals surface area contributed by atoms with Crippen LogP contribution in [0.3, 0.4) is 0 Å². The number of rotatable bonds is 2. The van der Waals surface area contributed by atoms with Gasteiger partial charge in [-0.15, -0.1) is 0 Å². The number of nitriles is 1. The van der Waals surface area contributed by atoms with E-state index in [0.29, 0.717) is 31.4 Å². The Bertz CT molecular complexity index is 1210. The first-order valence-electron chi connectivity index (χ1n) is 8.07. The minimum atomic E-state index is -0.265. The van der Waals surface area contributed by atoms with Crippen LogP contribution >= 0.6 is 35.0 Å². The molecule has 5 nitrogen and oxygen atoms in total. The van der Waals surface area contributed by atoms with E-state index >= 15 is 0 Å². The molecule has 0 radical (unpaired) electrons. The Morgan fingerprint density at radius 2 is 1.96 bits per heavy atom. The van der Waals surface area contributed by atoms with E-state index in [-0.39, 0.29) is 5.91 Å². The van der Waals surface area contributed by atoms with Gasteiger partial charge in [-0.25, -0.2) is 4.99 Å². The second-order valence-corrected chi connectivity index (χ2v) is 7.64. The average Bonchev–Trinajstić information content (AvgIpc) is 3.03. The third kappa shape index (κ3) is 3.60. The number of aromatic nitrogens is 1. The molecule has 0 saturated carbocycles. The number of hydrogen-bond acceptors (Lipinski definition) is 5. The number of para-hydroxylation sites is 1. The smallest absolute Gasteiger partial charge is 0.264 e. The fourth-order valence-electron chi connectivity index (χ4n) is 2.68. The molecule has 2 aromatic carbocycles. The lowest BCUT2D eigenvalue weighted by Gasteiger charge is -2.02. The molecule has 0 spiro atoms. The molecule has 1 aliphatic heterocycles. The van der Waals surface area contributed by atoms with Crippen molar-refractivity contribution in [3.05, 3.63) is 74.7 Å². The van der Waals surface area contributed by atoms with E-state index in [4.69, 9.17) is 23.2 Å². The number of benzene rings is 2. The number of nitrogens with one attached hydrogen (secondary N) is 1. The molecule has 2 heterocycles. The highest BCUT2D eigenvalue weighted by atomic mass is 35.5. The molecule has 0 bridgehead atoms. The van der Waals surface area contributed by atoms with E-state index in [0.717, 1.165) is 16.5 Å². The zero-order valence-corrected chi connectivity index (χ0v) is 16.4. The van der Waals surface area contributed by atoms with Gasteiger partial charge in [0, 0.05) is 11.6 Å². The van der Waals surface area contributed by atoms with Crippen LogP contribution in [0.1, 0.15) is 11.1 Å². The van der Waals surface area contributed by atoms with Crippen LogP contribution in [0.15, 0.2) is 58.6 Å². The molecule has 0 aliphatic carbocycles. The Morgan fingerprint density at radius 3 is 2.71 bits per heavy atom. The highest BCUT2D eigenvalue weighted by molar-refractivity contribution is 8.18. The van der Waals surface area contributed by atoms with E-state index in [2.05, 4.69) is 21.4 Å². The number of pyridine rings is 1. The van der Waals surface area contributed by atoms with E-state index in [9.17, 15) is 10.1 Å². The minimum absolute atomic E-state index is 0.265. The molecule has 28 heavy (non-hydrogen) atoms. The lowest BCUT2D eigenvalue weighted by Crippen LogP contribution is -2.19. The fraction of sp³-hybridized carbons (Fsp3) is 0. The van der Waals surface area contributed by atoms with Gasteiger partial charge >= 0.3 is 0 Å². The first kappa shape index (κ1) is 18.5. The highest BCUT2D eigenvalue weighted by Gasteiger charge is 2.24. The van der Waals surface area contributed by atoms with Gasteiger partial charge in [-0.05, 0) is 53.7 Å². The van der Waals surface area contributed by atoms with Crippen molar-refractivity contribution in [2.75, 3.05) is 0 Å². The minimum Gasteiger partial charge on any atom is -0.300 e. The molecule has 3 aromatic rings. The van der Waals surface area contributed by atoms with Gasteiger partial charge in [-0.3, -0.25) is 9.78 Å². The molecule has 8 heteroatoms. The fourth-order valence-corrected chi connectivity index (χ4v) is 3.99. The Labute approximate surface area is 174 Å². The van der Waals surface area contributed by atoms with Crippen molar-refractivity contribution in [1.82, 2.24) is 10.3 Å². The molecule has 1 aromatic heterocycles. The van der Waals surface area contributed by atoms with Gasteiger partial charge in [-0.1, -0.05) is 35.3 Å². The molecule has 1 amide bonds. The summed E-state index contributed by atoms with van der Waals surface area (Å²) in [6, 6.07) is 14.4. The number of fused-ring (bicyclic) bond motifs is 1. The zero-order chi connectivity index (χ0) is 19.7. The van der Waals surface area contributed by atoms with Gasteiger partial charge in [0.1, 0.15) is 5.69 Å². The Morgan fingerprint density at radius 1 is 1.18 bits per heavy atom. The third-order valence-corrected chi connectivity index (χ3v) is 5.51. The first-order chi connectivity index (χ1) is 13.5. The molecule has 4 rings (SSSR count). The SMILES string of the molecule is N#Cc1ccnc2ccc(/C=C3\SC(=Nc4c(Cl)cccc4Cl)NC3=O)cc12. The number of hydrogen-bond donors (Lipinski definition) is 1. The lowest BCUT2D eigenvalue weighted by atomic mass is 10.1. The Balaban J connectivity index is 1.68. The van der Waals surface area contributed by atoms with Crippen LogP contribution in [0.5, 0.6) is 0 Å². The van der Waals surface area contributed by atoms with Crippen LogP contribution in [0.4, 0.5) is 5.69 Å². The number of carbonyl (C=O) groups excluding carboxylic acids is 1. The number of nitrogens with zero attached hydrogens (tertiary/aromatic N) is 3. The maximum Gasteiger partial charge on any atom is 0.264 e. The number of halogens is 2. The van der Waals surface area contributed by atoms with Crippen molar-refractivity contribution in [1.29, 1.82) is 5.26 Å². The molecule has 1 N–H and O–H groups in total. The van der Waals surface area contributed by atoms with Crippen molar-refractivity contribution in [3.63, 3.8) is 0 Å². The maximum atomic E-state index is 12.3. The molecular formula is C20H10Cl2N4OS. The first-order valence-corrected chi connectivity index (χ1v) is 9.65. The number of amidine groups is 1. The molecule has 1 fully saturated rings. The summed E-state index contributed by atoms with van der Waals surface area (Å²) < 4.78 is 0. The largest absolute Gasteiger partial charge is 0.300 e. The van der Waals surface area contributed by atoms with Gasteiger partial charge in [0.05, 0.1) is 32.1 Å². The second-order valence-electron chi connectivity index (χ2n) is 5.80. The van der Waals surface area contributed by atoms with Crippen LogP contribution in [-0.2, 0) is 4.79 Å². The molecule has 1 aliphatic rings. The molecule has 0 atom stereocenters. The Hall–Kier alpha value is -2.85. The van der Waals surface area contributed by atoms with E-state index in [1.54, 1.807) is 36.5 Å². The van der Waals surface area contributed by atoms with Gasteiger partial charge in [0.15, 0.2) is 5.17 Å². The predicted octanol–water partition coefficient (Wildman–Crippen LogP) is 5.30. The number of thioether (sulfide) groups is 1. The van der Waals surface area contributed by atoms with Crippen molar-refractivity contribution < 1.29 is 4.79 Å². The quantitative estimate of drug-likeness (QED) is 0.565. The summed E-state index contributed by atoms with van der Waals surface area (Å²) in [6.07, 6.45) is 3.34. The summed E-state index contributed by atoms with van der Waals surface area (Å²) in [6.45, 7) is 0. The number of aliphatic imine (C=N–C) groups is 1. The predicted molar refractivity (Wildman–Crippen MR) is 114 cm³/mol. The normalized spacial score (nSPS) is 16.5. The number of carbonyl (C=O) groups is 1. The van der Waals surface area contributed by atoms with Gasteiger partial charge < -0.3 is 5.32 Å². The molecule has 0 unspecified atom stereocenters. The topological polar surface area (TPSA) is 78.1 Å². The van der Waals surface area contributed by atoms with Crippen LogP contribution in [0, 0.1) is 11.3 Å². The van der Waals surface area contributed by atoms with Gasteiger partial charge in [0.2, 0.25) is 0 Å². The lowest BCUT2D eigenvalue weighted by molar-refractivity contribution is -0.115. The van der Waals surface area contributed by atoms with E-state index < -0.39 is 0 Å². The van der Waals surface area contributed by atoms with Gasteiger partial charge in [-0.2, -0.15) is 5.26 Å². The van der Waals surface area contributed by atoms with Crippen molar-refractivity contribution in [3.8, 4) is 6.07 Å². The van der Waals surface area contributed by atoms with Crippen LogP contribution in [0.2, 0.25) is 10.0 Å². The van der Waals surface area contributed by atoms with Crippen LogP contribution in [0.25, 0.3) is 17.0 Å². The summed E-state index contributed by atoms with van der Waals surface area (Å²) in [4.78, 5) is 21.4. The van der Waals surface area contributed by atoms with Crippen molar-refractivity contribution in [2.24, 2.45) is 4.99 Å². The summed E-state index contributed by atoms with van der Waals surface area (Å²) >= 11 is 13.5. The highest BCUT2D eigenvalue weighted by Crippen LogP contribution is 2.35. The monoisotopic (exact) mass is 424 g/mol. The summed E-state index contributed by atoms with van der Waals surface area (Å²) in [7, 11) is 0. The third-order valence-electron chi connectivity index (χ3n) is 3.99. The summed E-state index contributed by atoms with van der Waals surface area (Å²) in [5.41, 5.74) is 2.45. The van der Waals surface area contributed by atoms with Crippen molar-refractivity contribution >= 4 is 68.7 Å². The summed E-state index contributed by atoms with van der Waals surface area (Å²) in [5, 5.41) is 13.9. The van der Waals surface area contributed by atoms with Gasteiger partial charge in [0.25, 0.3) is 5.91 Å². The van der Waals surface area contributed by atoms with Crippen LogP contribution < -0.4 is 5.32 Å². The van der Waals surface area contributed by atoms with E-state index in [1.165, 1.54) is 11.8 Å². The molecular weight excluding hydrogens is 415 g/mol. The van der Waals surface area contributed by atoms with Crippen molar-refractivity contribution in [2.45, 2.75) is 0 Å². The average molecular weight is 425 g/mol. The van der Waals surface area contributed by atoms with Crippen LogP contribution in [-0.4, -0.2) is 16.1 Å². The molecule has 136 valence electrons. The standard InChI is InChI=1S/C20H10Cl2N4OS/c21-14-2-1-3-15(22)18(14)25-20-26-19(27)17(28-20)9-11-4-5-16-13(8-11)12(10-23)6-7-24-16/h1-9H,(H,25,26,27)/b17-9-. The van der Waals surface area contributed by atoms with E-state index in [1.807, 2.05) is 18.2 Å². The zero-order valence-electron chi connectivity index (χ0n) is 14.1. The Kier molecular flexibility index (Phi) is 5.05. The second kappa shape index (κ2) is 7.64.